The highest BCUT2D eigenvalue weighted by molar-refractivity contribution is 7.92. The van der Waals surface area contributed by atoms with E-state index < -0.39 is 21.9 Å². The molecule has 1 amide bonds. The minimum Gasteiger partial charge on any atom is -0.423 e. The summed E-state index contributed by atoms with van der Waals surface area (Å²) in [5, 5.41) is 3.95. The van der Waals surface area contributed by atoms with Crippen LogP contribution in [0, 0.1) is 13.8 Å². The molecule has 0 aliphatic heterocycles. The number of carbonyl (C=O) groups excluding carboxylic acids is 2. The molecule has 0 radical (unpaired) electrons. The highest BCUT2D eigenvalue weighted by Gasteiger charge is 2.14. The largest absolute Gasteiger partial charge is 0.423 e. The van der Waals surface area contributed by atoms with Crippen molar-refractivity contribution >= 4 is 33.8 Å². The summed E-state index contributed by atoms with van der Waals surface area (Å²) in [4.78, 5) is 24.8. The third kappa shape index (κ3) is 6.92. The first-order valence-electron chi connectivity index (χ1n) is 11.6. The van der Waals surface area contributed by atoms with Gasteiger partial charge in [0, 0.05) is 11.3 Å². The molecule has 0 atom stereocenters. The molecule has 0 saturated heterocycles. The maximum absolute atomic E-state index is 12.5. The predicted octanol–water partition coefficient (Wildman–Crippen LogP) is 5.09. The normalized spacial score (nSPS) is 11.2. The maximum atomic E-state index is 12.5. The van der Waals surface area contributed by atoms with E-state index in [1.165, 1.54) is 42.6 Å². The molecule has 0 aliphatic rings. The number of esters is 1. The molecule has 4 aromatic carbocycles. The monoisotopic (exact) mass is 527 g/mol. The third-order valence-corrected chi connectivity index (χ3v) is 6.85. The lowest BCUT2D eigenvalue weighted by atomic mass is 10.1. The molecule has 2 N–H and O–H groups in total. The van der Waals surface area contributed by atoms with Gasteiger partial charge in [-0.2, -0.15) is 5.10 Å². The summed E-state index contributed by atoms with van der Waals surface area (Å²) in [6.45, 7) is 3.77. The van der Waals surface area contributed by atoms with Crippen molar-refractivity contribution in [2.24, 2.45) is 5.10 Å². The number of aryl methyl sites for hydroxylation is 2. The minimum atomic E-state index is -3.74. The van der Waals surface area contributed by atoms with Crippen molar-refractivity contribution in [3.63, 3.8) is 0 Å². The molecule has 0 spiro atoms. The molecule has 0 saturated carbocycles. The Hall–Kier alpha value is -4.76. The Bertz CT molecular complexity index is 1580. The van der Waals surface area contributed by atoms with Gasteiger partial charge in [0.05, 0.1) is 16.7 Å². The fourth-order valence-corrected chi connectivity index (χ4v) is 4.47. The number of hydrogen-bond acceptors (Lipinski definition) is 6. The van der Waals surface area contributed by atoms with Crippen molar-refractivity contribution in [3.05, 3.63) is 125 Å². The molecule has 0 aliphatic carbocycles. The van der Waals surface area contributed by atoms with Crippen molar-refractivity contribution in [3.8, 4) is 5.75 Å². The van der Waals surface area contributed by atoms with Crippen LogP contribution >= 0.6 is 0 Å². The third-order valence-electron chi connectivity index (χ3n) is 5.45. The van der Waals surface area contributed by atoms with Crippen LogP contribution in [-0.4, -0.2) is 26.5 Å². The van der Waals surface area contributed by atoms with Crippen LogP contribution in [0.15, 0.2) is 107 Å². The second-order valence-corrected chi connectivity index (χ2v) is 10.2. The molecular formula is C29H25N3O5S. The number of sulfonamides is 1. The molecule has 0 aromatic heterocycles. The Morgan fingerprint density at radius 1 is 0.789 bits per heavy atom. The van der Waals surface area contributed by atoms with E-state index in [1.807, 2.05) is 19.9 Å². The number of nitrogens with zero attached hydrogens (tertiary/aromatic N) is 1. The smallest absolute Gasteiger partial charge is 0.343 e. The van der Waals surface area contributed by atoms with Crippen molar-refractivity contribution < 1.29 is 22.7 Å². The van der Waals surface area contributed by atoms with Crippen molar-refractivity contribution in [1.82, 2.24) is 5.43 Å². The van der Waals surface area contributed by atoms with E-state index in [0.29, 0.717) is 28.1 Å². The summed E-state index contributed by atoms with van der Waals surface area (Å²) in [6, 6.07) is 26.3. The highest BCUT2D eigenvalue weighted by atomic mass is 32.2. The Balaban J connectivity index is 1.30. The predicted molar refractivity (Wildman–Crippen MR) is 146 cm³/mol. The lowest BCUT2D eigenvalue weighted by Crippen LogP contribution is -2.18. The Kier molecular flexibility index (Phi) is 7.98. The van der Waals surface area contributed by atoms with E-state index in [4.69, 9.17) is 4.74 Å². The lowest BCUT2D eigenvalue weighted by molar-refractivity contribution is 0.0734. The van der Waals surface area contributed by atoms with Crippen LogP contribution in [0.1, 0.15) is 37.4 Å². The molecule has 0 bridgehead atoms. The first-order valence-corrected chi connectivity index (χ1v) is 13.1. The van der Waals surface area contributed by atoms with Gasteiger partial charge in [-0.25, -0.2) is 18.6 Å². The molecule has 0 heterocycles. The van der Waals surface area contributed by atoms with E-state index in [9.17, 15) is 18.0 Å². The van der Waals surface area contributed by atoms with Crippen molar-refractivity contribution in [2.75, 3.05) is 4.72 Å². The second-order valence-electron chi connectivity index (χ2n) is 8.52. The topological polar surface area (TPSA) is 114 Å². The van der Waals surface area contributed by atoms with Gasteiger partial charge in [-0.1, -0.05) is 35.4 Å². The van der Waals surface area contributed by atoms with Crippen molar-refractivity contribution in [2.45, 2.75) is 18.7 Å². The summed E-state index contributed by atoms with van der Waals surface area (Å²) in [7, 11) is -3.74. The van der Waals surface area contributed by atoms with Crippen LogP contribution < -0.4 is 14.9 Å². The van der Waals surface area contributed by atoms with Crippen LogP contribution in [0.4, 0.5) is 5.69 Å². The first-order chi connectivity index (χ1) is 18.2. The van der Waals surface area contributed by atoms with E-state index in [1.54, 1.807) is 54.6 Å². The molecule has 192 valence electrons. The molecule has 38 heavy (non-hydrogen) atoms. The fourth-order valence-electron chi connectivity index (χ4n) is 3.41. The van der Waals surface area contributed by atoms with E-state index in [-0.39, 0.29) is 4.90 Å². The zero-order valence-corrected chi connectivity index (χ0v) is 21.5. The molecule has 0 unspecified atom stereocenters. The molecule has 8 nitrogen and oxygen atoms in total. The quantitative estimate of drug-likeness (QED) is 0.143. The van der Waals surface area contributed by atoms with E-state index in [2.05, 4.69) is 15.2 Å². The molecular weight excluding hydrogens is 502 g/mol. The van der Waals surface area contributed by atoms with Crippen LogP contribution in [-0.2, 0) is 10.0 Å². The van der Waals surface area contributed by atoms with Crippen LogP contribution in [0.3, 0.4) is 0 Å². The number of hydrazone groups is 1. The highest BCUT2D eigenvalue weighted by Crippen LogP contribution is 2.18. The number of nitrogens with one attached hydrogen (secondary N) is 2. The van der Waals surface area contributed by atoms with E-state index >= 15 is 0 Å². The summed E-state index contributed by atoms with van der Waals surface area (Å²) < 4.78 is 32.9. The number of hydrogen-bond donors (Lipinski definition) is 2. The molecule has 0 fully saturated rings. The number of amides is 1. The summed E-state index contributed by atoms with van der Waals surface area (Å²) in [5.74, 6) is -0.523. The molecule has 4 aromatic rings. The summed E-state index contributed by atoms with van der Waals surface area (Å²) in [5.41, 5.74) is 6.13. The van der Waals surface area contributed by atoms with Gasteiger partial charge < -0.3 is 4.74 Å². The second kappa shape index (κ2) is 11.5. The number of anilines is 1. The van der Waals surface area contributed by atoms with Gasteiger partial charge >= 0.3 is 5.97 Å². The number of ether oxygens (including phenoxy) is 1. The van der Waals surface area contributed by atoms with Gasteiger partial charge in [0.1, 0.15) is 5.75 Å². The zero-order valence-electron chi connectivity index (χ0n) is 20.7. The van der Waals surface area contributed by atoms with Crippen molar-refractivity contribution in [1.29, 1.82) is 0 Å². The molecule has 4 rings (SSSR count). The SMILES string of the molecule is Cc1ccc(S(=O)(=O)Nc2ccc(C(=O)NN=Cc3ccc(OC(=O)c4cccc(C)c4)cc3)cc2)cc1. The first kappa shape index (κ1) is 26.3. The van der Waals surface area contributed by atoms with Gasteiger partial charge in [-0.15, -0.1) is 0 Å². The Morgan fingerprint density at radius 2 is 1.47 bits per heavy atom. The number of carbonyl (C=O) groups is 2. The standard InChI is InChI=1S/C29H25N3O5S/c1-20-6-16-27(17-7-20)38(35,36)32-25-12-10-23(11-13-25)28(33)31-30-19-22-8-14-26(15-9-22)37-29(34)24-5-3-4-21(2)18-24/h3-19,32H,1-2H3,(H,31,33). The summed E-state index contributed by atoms with van der Waals surface area (Å²) >= 11 is 0. The minimum absolute atomic E-state index is 0.150. The average Bonchev–Trinajstić information content (AvgIpc) is 2.90. The Labute approximate surface area is 221 Å². The van der Waals surface area contributed by atoms with Crippen LogP contribution in [0.5, 0.6) is 5.75 Å². The van der Waals surface area contributed by atoms with Gasteiger partial charge in [-0.05, 0) is 92.2 Å². The van der Waals surface area contributed by atoms with E-state index in [0.717, 1.165) is 11.1 Å². The number of benzene rings is 4. The summed E-state index contributed by atoms with van der Waals surface area (Å²) in [6.07, 6.45) is 1.45. The fraction of sp³-hybridized carbons (Fsp3) is 0.0690. The molecule has 9 heteroatoms. The maximum Gasteiger partial charge on any atom is 0.343 e. The van der Waals surface area contributed by atoms with Crippen LogP contribution in [0.25, 0.3) is 0 Å². The average molecular weight is 528 g/mol. The van der Waals surface area contributed by atoms with Gasteiger partial charge in [0.2, 0.25) is 0 Å². The van der Waals surface area contributed by atoms with Gasteiger partial charge in [0.15, 0.2) is 0 Å². The Morgan fingerprint density at radius 3 is 2.13 bits per heavy atom. The zero-order chi connectivity index (χ0) is 27.1. The van der Waals surface area contributed by atoms with Crippen LogP contribution in [0.2, 0.25) is 0 Å². The van der Waals surface area contributed by atoms with Gasteiger partial charge in [0.25, 0.3) is 15.9 Å². The number of rotatable bonds is 8. The lowest BCUT2D eigenvalue weighted by Gasteiger charge is -2.09. The van der Waals surface area contributed by atoms with Gasteiger partial charge in [-0.3, -0.25) is 9.52 Å².